The smallest absolute Gasteiger partial charge is 0.139 e. The molecule has 1 aromatic carbocycles. The van der Waals surface area contributed by atoms with E-state index in [1.807, 2.05) is 35.1 Å². The van der Waals surface area contributed by atoms with Crippen LogP contribution in [0.25, 0.3) is 11.6 Å². The Morgan fingerprint density at radius 2 is 1.17 bits per heavy atom. The number of aryl methyl sites for hydroxylation is 4. The third kappa shape index (κ3) is 4.70. The Morgan fingerprint density at radius 1 is 0.657 bits per heavy atom. The Morgan fingerprint density at radius 3 is 1.69 bits per heavy atom. The van der Waals surface area contributed by atoms with Crippen LogP contribution in [0.2, 0.25) is 0 Å². The maximum absolute atomic E-state index is 9.26. The van der Waals surface area contributed by atoms with E-state index in [2.05, 4.69) is 84.5 Å². The summed E-state index contributed by atoms with van der Waals surface area (Å²) >= 11 is 0. The molecular weight excluding hydrogens is 434 g/mol. The first-order valence-corrected chi connectivity index (χ1v) is 11.9. The number of nitrogens with zero attached hydrogens (tertiary/aromatic N) is 5. The summed E-state index contributed by atoms with van der Waals surface area (Å²) in [7, 11) is 0. The zero-order valence-corrected chi connectivity index (χ0v) is 20.7. The SMILES string of the molecule is Cc1ccc(C)n1-c1cc(Cc2cnn(Cc3ccc(CO)cc3)c2)cc(-n2c(C)ccc2C)n1. The number of aliphatic hydroxyl groups is 1. The number of hydrogen-bond donors (Lipinski definition) is 1. The molecule has 0 radical (unpaired) electrons. The van der Waals surface area contributed by atoms with Gasteiger partial charge in [-0.05, 0) is 86.3 Å². The summed E-state index contributed by atoms with van der Waals surface area (Å²) in [5.74, 6) is 1.86. The second-order valence-corrected chi connectivity index (χ2v) is 9.29. The highest BCUT2D eigenvalue weighted by atomic mass is 16.3. The first kappa shape index (κ1) is 22.9. The van der Waals surface area contributed by atoms with E-state index in [1.165, 1.54) is 28.3 Å². The van der Waals surface area contributed by atoms with Gasteiger partial charge in [0.1, 0.15) is 11.6 Å². The van der Waals surface area contributed by atoms with Crippen molar-refractivity contribution in [3.8, 4) is 11.6 Å². The molecule has 178 valence electrons. The van der Waals surface area contributed by atoms with Crippen LogP contribution in [0, 0.1) is 27.7 Å². The third-order valence-electron chi connectivity index (χ3n) is 6.50. The molecule has 6 heteroatoms. The molecule has 0 saturated carbocycles. The van der Waals surface area contributed by atoms with Crippen molar-refractivity contribution >= 4 is 0 Å². The van der Waals surface area contributed by atoms with E-state index in [0.29, 0.717) is 6.54 Å². The van der Waals surface area contributed by atoms with Crippen LogP contribution in [0.3, 0.4) is 0 Å². The van der Waals surface area contributed by atoms with E-state index in [4.69, 9.17) is 4.98 Å². The molecular formula is C29H31N5O. The Balaban J connectivity index is 1.47. The highest BCUT2D eigenvalue weighted by Gasteiger charge is 2.13. The van der Waals surface area contributed by atoms with Crippen molar-refractivity contribution in [2.24, 2.45) is 0 Å². The lowest BCUT2D eigenvalue weighted by molar-refractivity contribution is 0.282. The van der Waals surface area contributed by atoms with Gasteiger partial charge < -0.3 is 14.2 Å². The van der Waals surface area contributed by atoms with E-state index >= 15 is 0 Å². The minimum Gasteiger partial charge on any atom is -0.392 e. The molecule has 35 heavy (non-hydrogen) atoms. The molecule has 5 rings (SSSR count). The second kappa shape index (κ2) is 9.39. The fraction of sp³-hybridized carbons (Fsp3) is 0.241. The van der Waals surface area contributed by atoms with Crippen molar-refractivity contribution in [2.75, 3.05) is 0 Å². The molecule has 0 fully saturated rings. The van der Waals surface area contributed by atoms with E-state index < -0.39 is 0 Å². The number of pyridine rings is 1. The fourth-order valence-corrected chi connectivity index (χ4v) is 4.70. The predicted octanol–water partition coefficient (Wildman–Crippen LogP) is 5.22. The van der Waals surface area contributed by atoms with E-state index in [9.17, 15) is 5.11 Å². The van der Waals surface area contributed by atoms with Gasteiger partial charge in [0.25, 0.3) is 0 Å². The molecule has 4 aromatic heterocycles. The van der Waals surface area contributed by atoms with Gasteiger partial charge in [-0.15, -0.1) is 0 Å². The van der Waals surface area contributed by atoms with Gasteiger partial charge in [0, 0.05) is 35.4 Å². The largest absolute Gasteiger partial charge is 0.392 e. The normalized spacial score (nSPS) is 11.3. The average molecular weight is 466 g/mol. The molecule has 0 atom stereocenters. The summed E-state index contributed by atoms with van der Waals surface area (Å²) in [4.78, 5) is 5.07. The number of hydrogen-bond acceptors (Lipinski definition) is 3. The molecule has 1 N–H and O–H groups in total. The molecule has 0 saturated heterocycles. The van der Waals surface area contributed by atoms with Crippen LogP contribution in [-0.2, 0) is 19.6 Å². The van der Waals surface area contributed by atoms with Gasteiger partial charge in [-0.1, -0.05) is 24.3 Å². The van der Waals surface area contributed by atoms with E-state index in [1.54, 1.807) is 0 Å². The average Bonchev–Trinajstić information content (AvgIpc) is 3.52. The molecule has 0 aliphatic rings. The highest BCUT2D eigenvalue weighted by Crippen LogP contribution is 2.23. The molecule has 5 aromatic rings. The van der Waals surface area contributed by atoms with Gasteiger partial charge in [-0.25, -0.2) is 4.98 Å². The van der Waals surface area contributed by atoms with Crippen LogP contribution in [0.5, 0.6) is 0 Å². The summed E-state index contributed by atoms with van der Waals surface area (Å²) < 4.78 is 6.38. The standard InChI is InChI=1S/C29H31N5O/c1-20-5-6-21(2)33(20)28-14-26(15-29(31-28)34-22(3)7-8-23(34)4)13-27-16-30-32(18-27)17-24-9-11-25(19-35)12-10-24/h5-12,14-16,18,35H,13,17,19H2,1-4H3. The topological polar surface area (TPSA) is 60.8 Å². The summed E-state index contributed by atoms with van der Waals surface area (Å²) in [6.45, 7) is 9.22. The minimum absolute atomic E-state index is 0.0617. The quantitative estimate of drug-likeness (QED) is 0.358. The van der Waals surface area contributed by atoms with Crippen LogP contribution in [0.4, 0.5) is 0 Å². The first-order valence-electron chi connectivity index (χ1n) is 11.9. The molecule has 0 aliphatic heterocycles. The van der Waals surface area contributed by atoms with Crippen LogP contribution in [0.1, 0.15) is 45.0 Å². The van der Waals surface area contributed by atoms with Gasteiger partial charge in [0.05, 0.1) is 19.3 Å². The Hall–Kier alpha value is -3.90. The maximum atomic E-state index is 9.26. The Kier molecular flexibility index (Phi) is 6.14. The number of rotatable bonds is 7. The van der Waals surface area contributed by atoms with Gasteiger partial charge in [0.15, 0.2) is 0 Å². The van der Waals surface area contributed by atoms with Crippen LogP contribution in [-0.4, -0.2) is 29.0 Å². The lowest BCUT2D eigenvalue weighted by Gasteiger charge is -2.15. The van der Waals surface area contributed by atoms with Crippen molar-refractivity contribution in [2.45, 2.75) is 47.3 Å². The first-order chi connectivity index (χ1) is 16.9. The van der Waals surface area contributed by atoms with Gasteiger partial charge in [-0.2, -0.15) is 5.10 Å². The van der Waals surface area contributed by atoms with Gasteiger partial charge >= 0.3 is 0 Å². The molecule has 4 heterocycles. The minimum atomic E-state index is 0.0617. The van der Waals surface area contributed by atoms with Crippen LogP contribution < -0.4 is 0 Å². The van der Waals surface area contributed by atoms with Gasteiger partial charge in [0.2, 0.25) is 0 Å². The zero-order valence-electron chi connectivity index (χ0n) is 20.7. The predicted molar refractivity (Wildman–Crippen MR) is 138 cm³/mol. The fourth-order valence-electron chi connectivity index (χ4n) is 4.70. The molecule has 0 aliphatic carbocycles. The van der Waals surface area contributed by atoms with Crippen molar-refractivity contribution in [1.29, 1.82) is 0 Å². The maximum Gasteiger partial charge on any atom is 0.139 e. The number of benzene rings is 1. The number of aliphatic hydroxyl groups excluding tert-OH is 1. The van der Waals surface area contributed by atoms with Crippen molar-refractivity contribution in [3.05, 3.63) is 118 Å². The third-order valence-corrected chi connectivity index (χ3v) is 6.50. The summed E-state index contributed by atoms with van der Waals surface area (Å²) in [5, 5.41) is 13.8. The van der Waals surface area contributed by atoms with Crippen molar-refractivity contribution < 1.29 is 5.11 Å². The lowest BCUT2D eigenvalue weighted by atomic mass is 10.1. The highest BCUT2D eigenvalue weighted by molar-refractivity contribution is 5.44. The summed E-state index contributed by atoms with van der Waals surface area (Å²) in [6.07, 6.45) is 4.82. The van der Waals surface area contributed by atoms with Crippen LogP contribution in [0.15, 0.2) is 73.1 Å². The molecule has 6 nitrogen and oxygen atoms in total. The molecule has 0 unspecified atom stereocenters. The Labute approximate surface area is 206 Å². The monoisotopic (exact) mass is 465 g/mol. The second-order valence-electron chi connectivity index (χ2n) is 9.29. The summed E-state index contributed by atoms with van der Waals surface area (Å²) in [6, 6.07) is 20.9. The van der Waals surface area contributed by atoms with E-state index in [0.717, 1.165) is 34.7 Å². The van der Waals surface area contributed by atoms with Crippen molar-refractivity contribution in [1.82, 2.24) is 23.9 Å². The van der Waals surface area contributed by atoms with Crippen molar-refractivity contribution in [3.63, 3.8) is 0 Å². The van der Waals surface area contributed by atoms with Crippen LogP contribution >= 0.6 is 0 Å². The zero-order chi connectivity index (χ0) is 24.5. The molecule has 0 bridgehead atoms. The number of aromatic nitrogens is 5. The Bertz CT molecular complexity index is 1370. The van der Waals surface area contributed by atoms with Gasteiger partial charge in [-0.3, -0.25) is 4.68 Å². The lowest BCUT2D eigenvalue weighted by Crippen LogP contribution is -2.09. The summed E-state index contributed by atoms with van der Waals surface area (Å²) in [5.41, 5.74) is 9.08. The van der Waals surface area contributed by atoms with E-state index in [-0.39, 0.29) is 6.61 Å². The molecule has 0 amide bonds. The molecule has 0 spiro atoms.